The van der Waals surface area contributed by atoms with Crippen molar-refractivity contribution >= 4 is 23.9 Å². The van der Waals surface area contributed by atoms with Gasteiger partial charge in [0, 0.05) is 19.4 Å². The number of amides is 3. The van der Waals surface area contributed by atoms with Crippen LogP contribution in [0.1, 0.15) is 88.7 Å². The number of carbonyl (C=O) groups excluding carboxylic acids is 4. The Kier molecular flexibility index (Phi) is 13.6. The molecule has 49 heavy (non-hydrogen) atoms. The first-order valence-electron chi connectivity index (χ1n) is 17.0. The highest BCUT2D eigenvalue weighted by Gasteiger charge is 2.38. The van der Waals surface area contributed by atoms with Crippen LogP contribution in [0.2, 0.25) is 0 Å². The summed E-state index contributed by atoms with van der Waals surface area (Å²) in [5.41, 5.74) is 2.43. The van der Waals surface area contributed by atoms with Gasteiger partial charge in [0.15, 0.2) is 0 Å². The zero-order chi connectivity index (χ0) is 36.4. The molecular formula is C40H53N3O6. The van der Waals surface area contributed by atoms with E-state index in [2.05, 4.69) is 10.6 Å². The van der Waals surface area contributed by atoms with Crippen molar-refractivity contribution < 1.29 is 28.7 Å². The van der Waals surface area contributed by atoms with Crippen molar-refractivity contribution in [2.45, 2.75) is 111 Å². The number of aryl methyl sites for hydroxylation is 2. The SMILES string of the molecule is CCCN(C(=O)C(Cc1ccccc1)NC(=O)OC(C)(C)C)C(C(=O)NC(Cc1ccccc1)C(=O)OC(C)(C)C)c1cc(C)ccc1C. The lowest BCUT2D eigenvalue weighted by atomic mass is 9.94. The lowest BCUT2D eigenvalue weighted by molar-refractivity contribution is -0.159. The standard InChI is InChI=1S/C40H53N3O6/c1-10-23-43(36(45)32(25-29-17-13-11-14-18-29)42-38(47)49-40(7,8)9)34(31-24-27(2)21-22-28(31)3)35(44)41-33(37(46)48-39(4,5)6)26-30-19-15-12-16-20-30/h11-22,24,32-34H,10,23,25-26H2,1-9H3,(H,41,44)(H,42,47). The minimum Gasteiger partial charge on any atom is -0.458 e. The molecule has 9 nitrogen and oxygen atoms in total. The fourth-order valence-corrected chi connectivity index (χ4v) is 5.48. The minimum atomic E-state index is -1.12. The Morgan fingerprint density at radius 2 is 1.24 bits per heavy atom. The summed E-state index contributed by atoms with van der Waals surface area (Å²) in [5.74, 6) is -1.56. The second kappa shape index (κ2) is 17.1. The number of esters is 1. The molecule has 3 unspecified atom stereocenters. The van der Waals surface area contributed by atoms with E-state index in [9.17, 15) is 19.2 Å². The normalized spacial score (nSPS) is 13.4. The molecule has 0 aromatic heterocycles. The number of benzene rings is 3. The average Bonchev–Trinajstić information content (AvgIpc) is 3.00. The summed E-state index contributed by atoms with van der Waals surface area (Å²) in [5, 5.41) is 5.76. The van der Waals surface area contributed by atoms with E-state index < -0.39 is 53.2 Å². The third-order valence-corrected chi connectivity index (χ3v) is 7.60. The smallest absolute Gasteiger partial charge is 0.408 e. The van der Waals surface area contributed by atoms with Gasteiger partial charge in [-0.05, 0) is 84.1 Å². The van der Waals surface area contributed by atoms with Crippen molar-refractivity contribution in [3.8, 4) is 0 Å². The fraction of sp³-hybridized carbons (Fsp3) is 0.450. The number of alkyl carbamates (subject to hydrolysis) is 1. The van der Waals surface area contributed by atoms with E-state index in [1.54, 1.807) is 41.5 Å². The van der Waals surface area contributed by atoms with Crippen molar-refractivity contribution in [1.29, 1.82) is 0 Å². The number of nitrogens with zero attached hydrogens (tertiary/aromatic N) is 1. The monoisotopic (exact) mass is 671 g/mol. The first kappa shape index (κ1) is 38.8. The Balaban J connectivity index is 2.11. The second-order valence-electron chi connectivity index (χ2n) is 14.5. The van der Waals surface area contributed by atoms with Crippen molar-refractivity contribution in [2.75, 3.05) is 6.54 Å². The second-order valence-corrected chi connectivity index (χ2v) is 14.5. The summed E-state index contributed by atoms with van der Waals surface area (Å²) in [6, 6.07) is 21.3. The average molecular weight is 672 g/mol. The molecule has 0 aliphatic carbocycles. The van der Waals surface area contributed by atoms with Gasteiger partial charge in [0.1, 0.15) is 29.3 Å². The van der Waals surface area contributed by atoms with E-state index in [1.165, 1.54) is 4.90 Å². The van der Waals surface area contributed by atoms with Crippen LogP contribution in [0.4, 0.5) is 4.79 Å². The number of rotatable bonds is 13. The van der Waals surface area contributed by atoms with Gasteiger partial charge in [-0.1, -0.05) is 91.3 Å². The Morgan fingerprint density at radius 1 is 0.714 bits per heavy atom. The van der Waals surface area contributed by atoms with Crippen LogP contribution in [0, 0.1) is 13.8 Å². The summed E-state index contributed by atoms with van der Waals surface area (Å²) in [7, 11) is 0. The van der Waals surface area contributed by atoms with Gasteiger partial charge in [-0.15, -0.1) is 0 Å². The fourth-order valence-electron chi connectivity index (χ4n) is 5.48. The Morgan fingerprint density at radius 3 is 1.76 bits per heavy atom. The third-order valence-electron chi connectivity index (χ3n) is 7.60. The van der Waals surface area contributed by atoms with E-state index in [1.807, 2.05) is 99.6 Å². The zero-order valence-electron chi connectivity index (χ0n) is 30.5. The highest BCUT2D eigenvalue weighted by Crippen LogP contribution is 2.28. The summed E-state index contributed by atoms with van der Waals surface area (Å²) in [6.07, 6.45) is 0.164. The lowest BCUT2D eigenvalue weighted by Crippen LogP contribution is -2.55. The van der Waals surface area contributed by atoms with Crippen molar-refractivity contribution in [3.63, 3.8) is 0 Å². The van der Waals surface area contributed by atoms with Crippen LogP contribution < -0.4 is 10.6 Å². The summed E-state index contributed by atoms with van der Waals surface area (Å²) >= 11 is 0. The highest BCUT2D eigenvalue weighted by molar-refractivity contribution is 5.94. The van der Waals surface area contributed by atoms with Gasteiger partial charge in [0.25, 0.3) is 0 Å². The molecule has 3 aromatic carbocycles. The topological polar surface area (TPSA) is 114 Å². The first-order chi connectivity index (χ1) is 23.0. The number of carbonyl (C=O) groups is 4. The minimum absolute atomic E-state index is 0.175. The van der Waals surface area contributed by atoms with Crippen LogP contribution in [0.5, 0.6) is 0 Å². The Bertz CT molecular complexity index is 1560. The maximum absolute atomic E-state index is 14.7. The molecule has 0 saturated carbocycles. The van der Waals surface area contributed by atoms with Gasteiger partial charge in [0.2, 0.25) is 11.8 Å². The Labute approximate surface area is 291 Å². The van der Waals surface area contributed by atoms with Crippen molar-refractivity contribution in [2.24, 2.45) is 0 Å². The van der Waals surface area contributed by atoms with E-state index in [0.717, 1.165) is 22.3 Å². The first-order valence-corrected chi connectivity index (χ1v) is 17.0. The predicted molar refractivity (Wildman–Crippen MR) is 192 cm³/mol. The molecular weight excluding hydrogens is 618 g/mol. The third kappa shape index (κ3) is 12.4. The zero-order valence-corrected chi connectivity index (χ0v) is 30.5. The number of ether oxygens (including phenoxy) is 2. The molecule has 0 bridgehead atoms. The van der Waals surface area contributed by atoms with Crippen LogP contribution in [-0.2, 0) is 36.7 Å². The van der Waals surface area contributed by atoms with E-state index in [0.29, 0.717) is 12.0 Å². The van der Waals surface area contributed by atoms with Crippen LogP contribution in [-0.4, -0.2) is 58.6 Å². The lowest BCUT2D eigenvalue weighted by Gasteiger charge is -2.36. The van der Waals surface area contributed by atoms with Crippen molar-refractivity contribution in [1.82, 2.24) is 15.5 Å². The van der Waals surface area contributed by atoms with Crippen LogP contribution in [0.3, 0.4) is 0 Å². The molecule has 0 heterocycles. The summed E-state index contributed by atoms with van der Waals surface area (Å²) in [6.45, 7) is 16.5. The predicted octanol–water partition coefficient (Wildman–Crippen LogP) is 6.79. The van der Waals surface area contributed by atoms with Crippen molar-refractivity contribution in [3.05, 3.63) is 107 Å². The Hall–Kier alpha value is -4.66. The largest absolute Gasteiger partial charge is 0.458 e. The van der Waals surface area contributed by atoms with Crippen LogP contribution in [0.15, 0.2) is 78.9 Å². The summed E-state index contributed by atoms with van der Waals surface area (Å²) < 4.78 is 11.3. The van der Waals surface area contributed by atoms with Crippen LogP contribution >= 0.6 is 0 Å². The molecule has 9 heteroatoms. The number of nitrogens with one attached hydrogen (secondary N) is 2. The molecule has 0 saturated heterocycles. The quantitative estimate of drug-likeness (QED) is 0.194. The van der Waals surface area contributed by atoms with Gasteiger partial charge < -0.3 is 25.0 Å². The molecule has 3 rings (SSSR count). The van der Waals surface area contributed by atoms with Gasteiger partial charge in [0.05, 0.1) is 0 Å². The molecule has 3 amide bonds. The highest BCUT2D eigenvalue weighted by atomic mass is 16.6. The molecule has 0 radical (unpaired) electrons. The van der Waals surface area contributed by atoms with Crippen LogP contribution in [0.25, 0.3) is 0 Å². The summed E-state index contributed by atoms with van der Waals surface area (Å²) in [4.78, 5) is 57.6. The molecule has 0 spiro atoms. The van der Waals surface area contributed by atoms with E-state index in [4.69, 9.17) is 9.47 Å². The molecule has 0 fully saturated rings. The number of hydrogen-bond donors (Lipinski definition) is 2. The molecule has 2 N–H and O–H groups in total. The molecule has 3 atom stereocenters. The van der Waals surface area contributed by atoms with Gasteiger partial charge in [-0.2, -0.15) is 0 Å². The van der Waals surface area contributed by atoms with Gasteiger partial charge >= 0.3 is 12.1 Å². The molecule has 3 aromatic rings. The van der Waals surface area contributed by atoms with E-state index in [-0.39, 0.29) is 19.4 Å². The van der Waals surface area contributed by atoms with Gasteiger partial charge in [-0.25, -0.2) is 9.59 Å². The van der Waals surface area contributed by atoms with Gasteiger partial charge in [-0.3, -0.25) is 9.59 Å². The maximum Gasteiger partial charge on any atom is 0.408 e. The number of hydrogen-bond acceptors (Lipinski definition) is 6. The molecule has 0 aliphatic rings. The molecule has 0 aliphatic heterocycles. The van der Waals surface area contributed by atoms with E-state index >= 15 is 0 Å². The molecule has 264 valence electrons. The maximum atomic E-state index is 14.7.